The summed E-state index contributed by atoms with van der Waals surface area (Å²) < 4.78 is 0. The van der Waals surface area contributed by atoms with E-state index in [1.165, 1.54) is 0 Å². The van der Waals surface area contributed by atoms with Crippen molar-refractivity contribution in [2.24, 2.45) is 22.7 Å². The van der Waals surface area contributed by atoms with Crippen LogP contribution in [-0.2, 0) is 4.79 Å². The van der Waals surface area contributed by atoms with Crippen molar-refractivity contribution in [3.8, 4) is 0 Å². The molecule has 0 radical (unpaired) electrons. The van der Waals surface area contributed by atoms with Crippen LogP contribution in [0.25, 0.3) is 10.9 Å². The molecule has 2 aromatic rings. The highest BCUT2D eigenvalue weighted by atomic mass is 16.2. The van der Waals surface area contributed by atoms with Crippen LogP contribution >= 0.6 is 0 Å². The normalized spacial score (nSPS) is 26.3. The van der Waals surface area contributed by atoms with E-state index >= 15 is 0 Å². The largest absolute Gasteiger partial charge is 0.351 e. The summed E-state index contributed by atoms with van der Waals surface area (Å²) in [5.74, 6) is 0.953. The molecular formula is C24H33N3O2. The maximum Gasteiger partial charge on any atom is 0.268 e. The Morgan fingerprint density at radius 3 is 2.52 bits per heavy atom. The average molecular weight is 396 g/mol. The maximum absolute atomic E-state index is 13.5. The van der Waals surface area contributed by atoms with Crippen molar-refractivity contribution in [2.75, 3.05) is 6.54 Å². The second kappa shape index (κ2) is 6.35. The number of H-pyrrole nitrogens is 1. The number of likely N-dealkylation sites (tertiary alicyclic amines) is 1. The van der Waals surface area contributed by atoms with Crippen molar-refractivity contribution in [3.05, 3.63) is 35.5 Å². The summed E-state index contributed by atoms with van der Waals surface area (Å²) in [6, 6.07) is 7.50. The highest BCUT2D eigenvalue weighted by Crippen LogP contribution is 2.64. The van der Waals surface area contributed by atoms with Gasteiger partial charge in [-0.25, -0.2) is 0 Å². The van der Waals surface area contributed by atoms with E-state index in [9.17, 15) is 9.59 Å². The molecule has 2 aliphatic rings. The van der Waals surface area contributed by atoms with Gasteiger partial charge in [0.05, 0.1) is 0 Å². The molecule has 2 fully saturated rings. The molecule has 1 aromatic heterocycles. The Hall–Kier alpha value is -2.30. The molecule has 4 rings (SSSR count). The Balaban J connectivity index is 1.55. The van der Waals surface area contributed by atoms with Gasteiger partial charge in [0.15, 0.2) is 0 Å². The van der Waals surface area contributed by atoms with Gasteiger partial charge in [-0.05, 0) is 54.2 Å². The number of piperidine rings is 1. The van der Waals surface area contributed by atoms with Gasteiger partial charge in [-0.15, -0.1) is 0 Å². The molecule has 0 bridgehead atoms. The number of aromatic amines is 1. The molecule has 0 unspecified atom stereocenters. The predicted octanol–water partition coefficient (Wildman–Crippen LogP) is 4.12. The quantitative estimate of drug-likeness (QED) is 0.821. The summed E-state index contributed by atoms with van der Waals surface area (Å²) in [5, 5.41) is 4.07. The summed E-state index contributed by atoms with van der Waals surface area (Å²) >= 11 is 0. The molecular weight excluding hydrogens is 362 g/mol. The van der Waals surface area contributed by atoms with Crippen LogP contribution in [-0.4, -0.2) is 40.3 Å². The van der Waals surface area contributed by atoms with Crippen LogP contribution in [0.2, 0.25) is 0 Å². The number of hydrogen-bond donors (Lipinski definition) is 2. The fraction of sp³-hybridized carbons (Fsp3) is 0.583. The Bertz CT molecular complexity index is 982. The molecule has 4 atom stereocenters. The third-order valence-corrected chi connectivity index (χ3v) is 7.34. The van der Waals surface area contributed by atoms with Crippen LogP contribution in [0.5, 0.6) is 0 Å². The summed E-state index contributed by atoms with van der Waals surface area (Å²) in [6.07, 6.45) is 0. The summed E-state index contributed by atoms with van der Waals surface area (Å²) in [5.41, 5.74) is 2.50. The number of aromatic nitrogens is 1. The molecule has 1 aromatic carbocycles. The molecule has 5 heteroatoms. The molecule has 1 saturated carbocycles. The van der Waals surface area contributed by atoms with Gasteiger partial charge in [-0.1, -0.05) is 46.8 Å². The molecule has 1 aliphatic heterocycles. The molecule has 2 amide bonds. The number of aryl methyl sites for hydroxylation is 1. The zero-order chi connectivity index (χ0) is 21.3. The van der Waals surface area contributed by atoms with Gasteiger partial charge in [0.1, 0.15) is 11.7 Å². The Kier molecular flexibility index (Phi) is 4.38. The van der Waals surface area contributed by atoms with E-state index in [0.29, 0.717) is 22.9 Å². The molecule has 5 nitrogen and oxygen atoms in total. The summed E-state index contributed by atoms with van der Waals surface area (Å²) in [7, 11) is 0. The van der Waals surface area contributed by atoms with Crippen molar-refractivity contribution < 1.29 is 9.59 Å². The minimum atomic E-state index is -0.564. The van der Waals surface area contributed by atoms with Crippen molar-refractivity contribution >= 4 is 22.7 Å². The van der Waals surface area contributed by atoms with Gasteiger partial charge in [0.2, 0.25) is 5.91 Å². The highest BCUT2D eigenvalue weighted by Gasteiger charge is 2.66. The zero-order valence-electron chi connectivity index (χ0n) is 18.6. The van der Waals surface area contributed by atoms with Crippen molar-refractivity contribution in [1.82, 2.24) is 15.2 Å². The minimum absolute atomic E-state index is 0.0358. The second-order valence-electron chi connectivity index (χ2n) is 10.7. The van der Waals surface area contributed by atoms with Gasteiger partial charge in [-0.2, -0.15) is 0 Å². The van der Waals surface area contributed by atoms with Crippen LogP contribution in [0, 0.1) is 29.6 Å². The SMILES string of the molecule is Cc1cccc2[nH]c(C(=O)N[C@H](C(=O)N3C[C@H]4[C@@H]([C@H]3C)C4(C)C)C(C)(C)C)cc12. The topological polar surface area (TPSA) is 65.2 Å². The smallest absolute Gasteiger partial charge is 0.268 e. The third kappa shape index (κ3) is 3.15. The molecule has 156 valence electrons. The number of carbonyl (C=O) groups excluding carboxylic acids is 2. The first-order chi connectivity index (χ1) is 13.4. The number of amides is 2. The molecule has 2 N–H and O–H groups in total. The first-order valence-electron chi connectivity index (χ1n) is 10.6. The number of fused-ring (bicyclic) bond motifs is 2. The van der Waals surface area contributed by atoms with E-state index in [-0.39, 0.29) is 23.3 Å². The van der Waals surface area contributed by atoms with Gasteiger partial charge >= 0.3 is 0 Å². The number of benzene rings is 1. The lowest BCUT2D eigenvalue weighted by molar-refractivity contribution is -0.137. The molecule has 0 spiro atoms. The number of nitrogens with one attached hydrogen (secondary N) is 2. The summed E-state index contributed by atoms with van der Waals surface area (Å²) in [6.45, 7) is 15.6. The van der Waals surface area contributed by atoms with Crippen molar-refractivity contribution in [2.45, 2.75) is 60.5 Å². The van der Waals surface area contributed by atoms with Crippen LogP contribution in [0.3, 0.4) is 0 Å². The van der Waals surface area contributed by atoms with Crippen LogP contribution in [0.4, 0.5) is 0 Å². The van der Waals surface area contributed by atoms with Crippen LogP contribution < -0.4 is 5.32 Å². The van der Waals surface area contributed by atoms with E-state index in [1.54, 1.807) is 0 Å². The standard InChI is InChI=1S/C24H33N3O2/c1-13-9-8-10-17-15(13)11-18(25-17)21(28)26-20(23(3,4)5)22(29)27-12-16-19(14(27)2)24(16,6)7/h8-11,14,16,19-20,25H,12H2,1-7H3,(H,26,28)/t14-,16+,19-,20-/m1/s1. The number of rotatable bonds is 3. The van der Waals surface area contributed by atoms with E-state index in [1.807, 2.05) is 56.9 Å². The molecule has 2 heterocycles. The molecule has 1 saturated heterocycles. The monoisotopic (exact) mass is 395 g/mol. The Labute approximate surface area is 173 Å². The number of carbonyl (C=O) groups is 2. The first kappa shape index (κ1) is 20.0. The summed E-state index contributed by atoms with van der Waals surface area (Å²) in [4.78, 5) is 31.7. The molecule has 29 heavy (non-hydrogen) atoms. The van der Waals surface area contributed by atoms with Gasteiger partial charge in [0, 0.05) is 23.5 Å². The lowest BCUT2D eigenvalue weighted by Gasteiger charge is -2.37. The predicted molar refractivity (Wildman–Crippen MR) is 116 cm³/mol. The zero-order valence-corrected chi connectivity index (χ0v) is 18.6. The maximum atomic E-state index is 13.5. The van der Waals surface area contributed by atoms with Gasteiger partial charge in [-0.3, -0.25) is 9.59 Å². The van der Waals surface area contributed by atoms with E-state index < -0.39 is 6.04 Å². The number of hydrogen-bond acceptors (Lipinski definition) is 2. The minimum Gasteiger partial charge on any atom is -0.351 e. The van der Waals surface area contributed by atoms with E-state index in [0.717, 1.165) is 23.0 Å². The first-order valence-corrected chi connectivity index (χ1v) is 10.6. The fourth-order valence-corrected chi connectivity index (χ4v) is 5.41. The second-order valence-corrected chi connectivity index (χ2v) is 10.7. The number of nitrogens with zero attached hydrogens (tertiary/aromatic N) is 1. The lowest BCUT2D eigenvalue weighted by atomic mass is 9.85. The van der Waals surface area contributed by atoms with Crippen molar-refractivity contribution in [1.29, 1.82) is 0 Å². The highest BCUT2D eigenvalue weighted by molar-refractivity contribution is 6.01. The van der Waals surface area contributed by atoms with E-state index in [4.69, 9.17) is 0 Å². The lowest BCUT2D eigenvalue weighted by Crippen LogP contribution is -2.56. The van der Waals surface area contributed by atoms with Crippen LogP contribution in [0.15, 0.2) is 24.3 Å². The Morgan fingerprint density at radius 1 is 1.28 bits per heavy atom. The van der Waals surface area contributed by atoms with Crippen LogP contribution in [0.1, 0.15) is 57.6 Å². The van der Waals surface area contributed by atoms with Crippen molar-refractivity contribution in [3.63, 3.8) is 0 Å². The Morgan fingerprint density at radius 2 is 1.97 bits per heavy atom. The average Bonchev–Trinajstić information content (AvgIpc) is 2.97. The fourth-order valence-electron chi connectivity index (χ4n) is 5.41. The molecule has 1 aliphatic carbocycles. The van der Waals surface area contributed by atoms with Gasteiger partial charge < -0.3 is 15.2 Å². The van der Waals surface area contributed by atoms with E-state index in [2.05, 4.69) is 31.1 Å². The third-order valence-electron chi connectivity index (χ3n) is 7.34. The van der Waals surface area contributed by atoms with Gasteiger partial charge in [0.25, 0.3) is 5.91 Å².